The Bertz CT molecular complexity index is 522. The van der Waals surface area contributed by atoms with Crippen molar-refractivity contribution >= 4 is 10.8 Å². The molecule has 21 heavy (non-hydrogen) atoms. The van der Waals surface area contributed by atoms with Gasteiger partial charge in [-0.25, -0.2) is 0 Å². The molecule has 114 valence electrons. The molecule has 0 amide bonds. The molecule has 0 atom stereocenters. The first-order chi connectivity index (χ1) is 10.4. The predicted molar refractivity (Wildman–Crippen MR) is 88.0 cm³/mol. The Balaban J connectivity index is 1.64. The molecule has 0 aromatic heterocycles. The predicted octanol–water partition coefficient (Wildman–Crippen LogP) is 3.62. The fourth-order valence-electron chi connectivity index (χ4n) is 2.17. The third-order valence-corrected chi connectivity index (χ3v) is 3.35. The molecule has 0 aliphatic heterocycles. The van der Waals surface area contributed by atoms with E-state index in [1.165, 1.54) is 17.2 Å². The Labute approximate surface area is 127 Å². The number of rotatable bonds is 10. The summed E-state index contributed by atoms with van der Waals surface area (Å²) in [5.41, 5.74) is 0. The van der Waals surface area contributed by atoms with E-state index in [4.69, 9.17) is 9.47 Å². The van der Waals surface area contributed by atoms with Crippen LogP contribution in [0.5, 0.6) is 5.75 Å². The average molecular weight is 287 g/mol. The van der Waals surface area contributed by atoms with E-state index in [1.54, 1.807) is 0 Å². The third-order valence-electron chi connectivity index (χ3n) is 3.35. The maximum Gasteiger partial charge on any atom is 0.127 e. The van der Waals surface area contributed by atoms with E-state index >= 15 is 0 Å². The summed E-state index contributed by atoms with van der Waals surface area (Å²) in [4.78, 5) is 0. The molecule has 0 bridgehead atoms. The third kappa shape index (κ3) is 5.37. The lowest BCUT2D eigenvalue weighted by Crippen LogP contribution is -2.25. The van der Waals surface area contributed by atoms with Gasteiger partial charge >= 0.3 is 0 Å². The maximum absolute atomic E-state index is 5.86. The lowest BCUT2D eigenvalue weighted by atomic mass is 10.1. The van der Waals surface area contributed by atoms with Crippen molar-refractivity contribution in [3.8, 4) is 5.75 Å². The minimum atomic E-state index is 0.670. The van der Waals surface area contributed by atoms with Gasteiger partial charge in [-0.05, 0) is 17.9 Å². The van der Waals surface area contributed by atoms with Crippen LogP contribution >= 0.6 is 0 Å². The van der Waals surface area contributed by atoms with Gasteiger partial charge in [0.25, 0.3) is 0 Å². The Morgan fingerprint density at radius 1 is 0.905 bits per heavy atom. The second-order valence-electron chi connectivity index (χ2n) is 5.04. The molecular weight excluding hydrogens is 262 g/mol. The van der Waals surface area contributed by atoms with Crippen molar-refractivity contribution in [3.05, 3.63) is 42.5 Å². The van der Waals surface area contributed by atoms with Crippen molar-refractivity contribution in [1.29, 1.82) is 0 Å². The van der Waals surface area contributed by atoms with Crippen LogP contribution in [0.3, 0.4) is 0 Å². The van der Waals surface area contributed by atoms with Crippen molar-refractivity contribution in [2.24, 2.45) is 0 Å². The molecule has 2 aromatic rings. The minimum Gasteiger partial charge on any atom is -0.492 e. The monoisotopic (exact) mass is 287 g/mol. The zero-order valence-electron chi connectivity index (χ0n) is 12.8. The first-order valence-electron chi connectivity index (χ1n) is 7.81. The molecular formula is C18H25NO2. The summed E-state index contributed by atoms with van der Waals surface area (Å²) < 4.78 is 11.4. The summed E-state index contributed by atoms with van der Waals surface area (Å²) in [5.74, 6) is 0.953. The molecule has 0 saturated carbocycles. The Morgan fingerprint density at radius 2 is 1.71 bits per heavy atom. The highest BCUT2D eigenvalue weighted by atomic mass is 16.5. The molecule has 0 aliphatic carbocycles. The van der Waals surface area contributed by atoms with Crippen LogP contribution in [0.15, 0.2) is 42.5 Å². The van der Waals surface area contributed by atoms with Crippen LogP contribution < -0.4 is 10.1 Å². The molecule has 0 saturated heterocycles. The van der Waals surface area contributed by atoms with Gasteiger partial charge in [-0.3, -0.25) is 0 Å². The highest BCUT2D eigenvalue weighted by molar-refractivity contribution is 5.88. The van der Waals surface area contributed by atoms with Crippen LogP contribution in [-0.4, -0.2) is 32.9 Å². The fraction of sp³-hybridized carbons (Fsp3) is 0.444. The summed E-state index contributed by atoms with van der Waals surface area (Å²) >= 11 is 0. The van der Waals surface area contributed by atoms with Gasteiger partial charge in [-0.2, -0.15) is 0 Å². The number of hydrogen-bond acceptors (Lipinski definition) is 3. The fourth-order valence-corrected chi connectivity index (χ4v) is 2.17. The lowest BCUT2D eigenvalue weighted by Gasteiger charge is -2.10. The number of hydrogen-bond donors (Lipinski definition) is 1. The van der Waals surface area contributed by atoms with Crippen molar-refractivity contribution in [2.75, 3.05) is 32.9 Å². The first kappa shape index (κ1) is 15.8. The zero-order chi connectivity index (χ0) is 14.8. The van der Waals surface area contributed by atoms with Crippen molar-refractivity contribution in [2.45, 2.75) is 19.8 Å². The van der Waals surface area contributed by atoms with Gasteiger partial charge in [-0.1, -0.05) is 49.7 Å². The number of nitrogens with one attached hydrogen (secondary N) is 1. The normalized spacial score (nSPS) is 10.9. The summed E-state index contributed by atoms with van der Waals surface area (Å²) in [6, 6.07) is 14.5. The molecule has 0 radical (unpaired) electrons. The van der Waals surface area contributed by atoms with Crippen LogP contribution in [0.4, 0.5) is 0 Å². The minimum absolute atomic E-state index is 0.670. The van der Waals surface area contributed by atoms with Gasteiger partial charge in [0.15, 0.2) is 0 Å². The van der Waals surface area contributed by atoms with E-state index < -0.39 is 0 Å². The largest absolute Gasteiger partial charge is 0.492 e. The standard InChI is InChI=1S/C18H25NO2/c1-2-3-13-20-14-11-19-12-15-21-18-10-6-8-16-7-4-5-9-17(16)18/h4-10,19H,2-3,11-15H2,1H3. The second kappa shape index (κ2) is 9.37. The van der Waals surface area contributed by atoms with Gasteiger partial charge in [-0.15, -0.1) is 0 Å². The smallest absolute Gasteiger partial charge is 0.127 e. The van der Waals surface area contributed by atoms with E-state index in [1.807, 2.05) is 24.3 Å². The molecule has 0 heterocycles. The van der Waals surface area contributed by atoms with E-state index in [-0.39, 0.29) is 0 Å². The van der Waals surface area contributed by atoms with Gasteiger partial charge in [0.1, 0.15) is 12.4 Å². The molecule has 2 aromatic carbocycles. The topological polar surface area (TPSA) is 30.5 Å². The maximum atomic E-state index is 5.86. The number of benzene rings is 2. The molecule has 0 fully saturated rings. The molecule has 3 nitrogen and oxygen atoms in total. The zero-order valence-corrected chi connectivity index (χ0v) is 12.8. The first-order valence-corrected chi connectivity index (χ1v) is 7.81. The summed E-state index contributed by atoms with van der Waals surface area (Å²) in [5, 5.41) is 5.72. The van der Waals surface area contributed by atoms with Crippen LogP contribution in [-0.2, 0) is 4.74 Å². The van der Waals surface area contributed by atoms with E-state index in [0.717, 1.165) is 38.5 Å². The molecule has 0 unspecified atom stereocenters. The summed E-state index contributed by atoms with van der Waals surface area (Å²) in [6.07, 6.45) is 2.33. The van der Waals surface area contributed by atoms with Gasteiger partial charge in [0, 0.05) is 25.1 Å². The Kier molecular flexibility index (Phi) is 7.05. The highest BCUT2D eigenvalue weighted by Gasteiger charge is 2.00. The SMILES string of the molecule is CCCCOCCNCCOc1cccc2ccccc12. The summed E-state index contributed by atoms with van der Waals surface area (Å²) in [7, 11) is 0. The second-order valence-corrected chi connectivity index (χ2v) is 5.04. The van der Waals surface area contributed by atoms with Crippen LogP contribution in [0.25, 0.3) is 10.8 Å². The molecule has 0 aliphatic rings. The summed E-state index contributed by atoms with van der Waals surface area (Å²) in [6.45, 7) is 6.19. The van der Waals surface area contributed by atoms with E-state index in [2.05, 4.69) is 30.4 Å². The van der Waals surface area contributed by atoms with E-state index in [9.17, 15) is 0 Å². The van der Waals surface area contributed by atoms with Crippen LogP contribution in [0.2, 0.25) is 0 Å². The average Bonchev–Trinajstić information content (AvgIpc) is 2.53. The van der Waals surface area contributed by atoms with Crippen LogP contribution in [0.1, 0.15) is 19.8 Å². The Hall–Kier alpha value is -1.58. The highest BCUT2D eigenvalue weighted by Crippen LogP contribution is 2.24. The van der Waals surface area contributed by atoms with Gasteiger partial charge < -0.3 is 14.8 Å². The van der Waals surface area contributed by atoms with E-state index in [0.29, 0.717) is 6.61 Å². The molecule has 0 spiro atoms. The van der Waals surface area contributed by atoms with Crippen molar-refractivity contribution < 1.29 is 9.47 Å². The quantitative estimate of drug-likeness (QED) is 0.677. The van der Waals surface area contributed by atoms with Crippen molar-refractivity contribution in [3.63, 3.8) is 0 Å². The lowest BCUT2D eigenvalue weighted by molar-refractivity contribution is 0.132. The van der Waals surface area contributed by atoms with Gasteiger partial charge in [0.2, 0.25) is 0 Å². The Morgan fingerprint density at radius 3 is 2.62 bits per heavy atom. The van der Waals surface area contributed by atoms with Crippen LogP contribution in [0, 0.1) is 0 Å². The molecule has 3 heteroatoms. The molecule has 2 rings (SSSR count). The number of ether oxygens (including phenoxy) is 2. The van der Waals surface area contributed by atoms with Crippen molar-refractivity contribution in [1.82, 2.24) is 5.32 Å². The number of unbranched alkanes of at least 4 members (excludes halogenated alkanes) is 1. The molecule has 1 N–H and O–H groups in total. The van der Waals surface area contributed by atoms with Gasteiger partial charge in [0.05, 0.1) is 6.61 Å². The number of fused-ring (bicyclic) bond motifs is 1.